The Balaban J connectivity index is 1.41. The summed E-state index contributed by atoms with van der Waals surface area (Å²) >= 11 is 0. The van der Waals surface area contributed by atoms with E-state index in [2.05, 4.69) is 15.6 Å². The predicted octanol–water partition coefficient (Wildman–Crippen LogP) is 3.00. The molecule has 1 aliphatic carbocycles. The number of hydrogen-bond donors (Lipinski definition) is 2. The van der Waals surface area contributed by atoms with E-state index in [1.807, 2.05) is 30.3 Å². The molecule has 2 N–H and O–H groups in total. The zero-order valence-electron chi connectivity index (χ0n) is 15.5. The van der Waals surface area contributed by atoms with Crippen molar-refractivity contribution in [2.45, 2.75) is 25.9 Å². The minimum atomic E-state index is 0.113. The number of carbonyl (C=O) groups is 1. The average molecular weight is 367 g/mol. The lowest BCUT2D eigenvalue weighted by Crippen LogP contribution is -2.31. The van der Waals surface area contributed by atoms with Crippen LogP contribution in [0.1, 0.15) is 24.8 Å². The van der Waals surface area contributed by atoms with Crippen molar-refractivity contribution in [1.29, 1.82) is 0 Å². The maximum atomic E-state index is 12.7. The van der Waals surface area contributed by atoms with Crippen molar-refractivity contribution in [3.63, 3.8) is 0 Å². The van der Waals surface area contributed by atoms with Gasteiger partial charge in [-0.25, -0.2) is 0 Å². The number of amides is 1. The number of ether oxygens (including phenoxy) is 2. The first-order valence-electron chi connectivity index (χ1n) is 9.41. The number of methoxy groups -OCH3 is 1. The fourth-order valence-corrected chi connectivity index (χ4v) is 3.93. The van der Waals surface area contributed by atoms with E-state index in [1.54, 1.807) is 19.5 Å². The van der Waals surface area contributed by atoms with Gasteiger partial charge in [-0.15, -0.1) is 0 Å². The standard InChI is InChI=1S/C21H25N3O3/c1-26-18-3-2-16(12-19(18)27-14-15-4-8-22-9-5-15)24-20(25)17-13-21(17)6-10-23-11-7-21/h2-5,8-9,12,17,23H,6-7,10-11,13-14H2,1H3,(H,24,25). The van der Waals surface area contributed by atoms with Crippen molar-refractivity contribution in [2.75, 3.05) is 25.5 Å². The van der Waals surface area contributed by atoms with Gasteiger partial charge in [0.15, 0.2) is 11.5 Å². The second-order valence-electron chi connectivity index (χ2n) is 7.37. The molecule has 0 bridgehead atoms. The van der Waals surface area contributed by atoms with Gasteiger partial charge in [-0.1, -0.05) is 0 Å². The van der Waals surface area contributed by atoms with Crippen molar-refractivity contribution >= 4 is 11.6 Å². The maximum Gasteiger partial charge on any atom is 0.228 e. The van der Waals surface area contributed by atoms with Gasteiger partial charge in [0.25, 0.3) is 0 Å². The third-order valence-corrected chi connectivity index (χ3v) is 5.68. The van der Waals surface area contributed by atoms with Crippen LogP contribution in [0.25, 0.3) is 0 Å². The topological polar surface area (TPSA) is 72.5 Å². The minimum Gasteiger partial charge on any atom is -0.493 e. The molecule has 142 valence electrons. The number of anilines is 1. The highest BCUT2D eigenvalue weighted by Crippen LogP contribution is 2.58. The van der Waals surface area contributed by atoms with Gasteiger partial charge in [-0.05, 0) is 67.6 Å². The van der Waals surface area contributed by atoms with Gasteiger partial charge in [0, 0.05) is 30.1 Å². The smallest absolute Gasteiger partial charge is 0.228 e. The van der Waals surface area contributed by atoms with E-state index in [0.717, 1.165) is 43.6 Å². The SMILES string of the molecule is COc1ccc(NC(=O)C2CC23CCNCC3)cc1OCc1ccncc1. The quantitative estimate of drug-likeness (QED) is 0.821. The number of piperidine rings is 1. The fourth-order valence-electron chi connectivity index (χ4n) is 3.93. The Morgan fingerprint density at radius 2 is 2.00 bits per heavy atom. The van der Waals surface area contributed by atoms with Crippen LogP contribution >= 0.6 is 0 Å². The lowest BCUT2D eigenvalue weighted by molar-refractivity contribution is -0.118. The van der Waals surface area contributed by atoms with Gasteiger partial charge in [0.05, 0.1) is 7.11 Å². The van der Waals surface area contributed by atoms with Crippen LogP contribution in [0, 0.1) is 11.3 Å². The van der Waals surface area contributed by atoms with Gasteiger partial charge in [-0.2, -0.15) is 0 Å². The second-order valence-corrected chi connectivity index (χ2v) is 7.37. The van der Waals surface area contributed by atoms with Crippen LogP contribution < -0.4 is 20.1 Å². The number of nitrogens with zero attached hydrogens (tertiary/aromatic N) is 1. The molecule has 2 aromatic rings. The fraction of sp³-hybridized carbons (Fsp3) is 0.429. The van der Waals surface area contributed by atoms with Crippen molar-refractivity contribution in [3.8, 4) is 11.5 Å². The highest BCUT2D eigenvalue weighted by molar-refractivity contribution is 5.95. The van der Waals surface area contributed by atoms with Crippen LogP contribution in [0.5, 0.6) is 11.5 Å². The molecule has 1 aromatic carbocycles. The summed E-state index contributed by atoms with van der Waals surface area (Å²) in [6.45, 7) is 2.44. The van der Waals surface area contributed by atoms with Crippen LogP contribution in [-0.2, 0) is 11.4 Å². The molecule has 27 heavy (non-hydrogen) atoms. The first-order valence-corrected chi connectivity index (χ1v) is 9.41. The molecule has 1 amide bonds. The predicted molar refractivity (Wildman–Crippen MR) is 103 cm³/mol. The van der Waals surface area contributed by atoms with Crippen molar-refractivity contribution in [1.82, 2.24) is 10.3 Å². The van der Waals surface area contributed by atoms with E-state index in [9.17, 15) is 4.79 Å². The van der Waals surface area contributed by atoms with E-state index in [4.69, 9.17) is 9.47 Å². The number of carbonyl (C=O) groups excluding carboxylic acids is 1. The number of nitrogens with one attached hydrogen (secondary N) is 2. The summed E-state index contributed by atoms with van der Waals surface area (Å²) in [5.41, 5.74) is 1.98. The summed E-state index contributed by atoms with van der Waals surface area (Å²) in [5.74, 6) is 1.49. The first-order chi connectivity index (χ1) is 13.2. The summed E-state index contributed by atoms with van der Waals surface area (Å²) in [6.07, 6.45) is 6.65. The molecule has 6 nitrogen and oxygen atoms in total. The molecule has 4 rings (SSSR count). The molecule has 1 atom stereocenters. The van der Waals surface area contributed by atoms with Crippen molar-refractivity contribution < 1.29 is 14.3 Å². The first kappa shape index (κ1) is 17.8. The minimum absolute atomic E-state index is 0.113. The molecule has 2 fully saturated rings. The van der Waals surface area contributed by atoms with Gasteiger partial charge in [0.1, 0.15) is 6.61 Å². The maximum absolute atomic E-state index is 12.7. The Hall–Kier alpha value is -2.60. The summed E-state index contributed by atoms with van der Waals surface area (Å²) in [4.78, 5) is 16.7. The van der Waals surface area contributed by atoms with E-state index in [1.165, 1.54) is 0 Å². The molecule has 1 saturated carbocycles. The van der Waals surface area contributed by atoms with Crippen LogP contribution in [0.15, 0.2) is 42.7 Å². The number of benzene rings is 1. The van der Waals surface area contributed by atoms with Crippen LogP contribution in [0.2, 0.25) is 0 Å². The average Bonchev–Trinajstić information content (AvgIpc) is 3.40. The molecule has 2 aliphatic rings. The molecule has 1 unspecified atom stereocenters. The molecule has 1 saturated heterocycles. The molecule has 0 radical (unpaired) electrons. The number of hydrogen-bond acceptors (Lipinski definition) is 5. The Labute approximate surface area is 159 Å². The largest absolute Gasteiger partial charge is 0.493 e. The zero-order chi connectivity index (χ0) is 18.7. The lowest BCUT2D eigenvalue weighted by Gasteiger charge is -2.23. The Kier molecular flexibility index (Phi) is 4.99. The molecular weight excluding hydrogens is 342 g/mol. The monoisotopic (exact) mass is 367 g/mol. The Morgan fingerprint density at radius 1 is 1.22 bits per heavy atom. The summed E-state index contributed by atoms with van der Waals surface area (Å²) < 4.78 is 11.3. The molecular formula is C21H25N3O3. The van der Waals surface area contributed by atoms with E-state index >= 15 is 0 Å². The molecule has 1 aromatic heterocycles. The summed E-state index contributed by atoms with van der Waals surface area (Å²) in [6, 6.07) is 9.32. The van der Waals surface area contributed by atoms with E-state index in [-0.39, 0.29) is 17.2 Å². The van der Waals surface area contributed by atoms with Gasteiger partial charge in [0.2, 0.25) is 5.91 Å². The third-order valence-electron chi connectivity index (χ3n) is 5.68. The molecule has 2 heterocycles. The highest BCUT2D eigenvalue weighted by atomic mass is 16.5. The van der Waals surface area contributed by atoms with Gasteiger partial charge >= 0.3 is 0 Å². The molecule has 1 spiro atoms. The van der Waals surface area contributed by atoms with Crippen LogP contribution in [-0.4, -0.2) is 31.1 Å². The van der Waals surface area contributed by atoms with Crippen LogP contribution in [0.4, 0.5) is 5.69 Å². The van der Waals surface area contributed by atoms with Crippen molar-refractivity contribution in [2.24, 2.45) is 11.3 Å². The molecule has 1 aliphatic heterocycles. The number of pyridine rings is 1. The summed E-state index contributed by atoms with van der Waals surface area (Å²) in [7, 11) is 1.61. The van der Waals surface area contributed by atoms with Gasteiger partial charge in [-0.3, -0.25) is 9.78 Å². The Bertz CT molecular complexity index is 804. The highest BCUT2D eigenvalue weighted by Gasteiger charge is 2.57. The lowest BCUT2D eigenvalue weighted by atomic mass is 9.92. The molecule has 6 heteroatoms. The van der Waals surface area contributed by atoms with Crippen molar-refractivity contribution in [3.05, 3.63) is 48.3 Å². The number of rotatable bonds is 6. The Morgan fingerprint density at radius 3 is 2.74 bits per heavy atom. The summed E-state index contributed by atoms with van der Waals surface area (Å²) in [5, 5.41) is 6.43. The van der Waals surface area contributed by atoms with Gasteiger partial charge < -0.3 is 20.1 Å². The second kappa shape index (κ2) is 7.56. The van der Waals surface area contributed by atoms with Crippen LogP contribution in [0.3, 0.4) is 0 Å². The van der Waals surface area contributed by atoms with E-state index in [0.29, 0.717) is 18.1 Å². The normalized spacial score (nSPS) is 20.1. The third kappa shape index (κ3) is 3.90. The zero-order valence-corrected chi connectivity index (χ0v) is 15.5. The number of aromatic nitrogens is 1. The van der Waals surface area contributed by atoms with E-state index < -0.39 is 0 Å².